The highest BCUT2D eigenvalue weighted by Gasteiger charge is 2.10. The first-order valence-corrected chi connectivity index (χ1v) is 7.95. The minimum absolute atomic E-state index is 0.0493. The molecule has 0 fully saturated rings. The summed E-state index contributed by atoms with van der Waals surface area (Å²) in [5.41, 5.74) is 2.72. The monoisotopic (exact) mass is 360 g/mol. The SMILES string of the molecule is CCOC(=O)CCC(=O)c1ccc(-c2ccccc2Br)cc1. The maximum atomic E-state index is 12.1. The van der Waals surface area contributed by atoms with Crippen LogP contribution in [0.1, 0.15) is 30.1 Å². The zero-order valence-corrected chi connectivity index (χ0v) is 13.9. The van der Waals surface area contributed by atoms with Crippen LogP contribution in [0, 0.1) is 0 Å². The molecule has 0 bridgehead atoms. The summed E-state index contributed by atoms with van der Waals surface area (Å²) in [6, 6.07) is 15.3. The van der Waals surface area contributed by atoms with Gasteiger partial charge in [0.05, 0.1) is 13.0 Å². The lowest BCUT2D eigenvalue weighted by Crippen LogP contribution is -2.07. The standard InChI is InChI=1S/C18H17BrO3/c1-2-22-18(21)12-11-17(20)14-9-7-13(8-10-14)15-5-3-4-6-16(15)19/h3-10H,2,11-12H2,1H3. The van der Waals surface area contributed by atoms with Crippen LogP contribution in [-0.2, 0) is 9.53 Å². The molecule has 22 heavy (non-hydrogen) atoms. The molecule has 0 spiro atoms. The molecular formula is C18H17BrO3. The topological polar surface area (TPSA) is 43.4 Å². The van der Waals surface area contributed by atoms with Gasteiger partial charge in [-0.25, -0.2) is 0 Å². The Morgan fingerprint density at radius 1 is 1.00 bits per heavy atom. The number of carbonyl (C=O) groups is 2. The smallest absolute Gasteiger partial charge is 0.306 e. The van der Waals surface area contributed by atoms with Crippen LogP contribution in [0.3, 0.4) is 0 Å². The first-order chi connectivity index (χ1) is 10.6. The molecule has 0 atom stereocenters. The van der Waals surface area contributed by atoms with Crippen LogP contribution in [0.25, 0.3) is 11.1 Å². The first kappa shape index (κ1) is 16.4. The molecule has 0 aromatic heterocycles. The van der Waals surface area contributed by atoms with E-state index in [9.17, 15) is 9.59 Å². The Balaban J connectivity index is 2.04. The summed E-state index contributed by atoms with van der Waals surface area (Å²) in [4.78, 5) is 23.3. The van der Waals surface area contributed by atoms with E-state index in [1.807, 2.05) is 36.4 Å². The molecule has 0 aliphatic carbocycles. The van der Waals surface area contributed by atoms with Crippen molar-refractivity contribution in [3.05, 3.63) is 58.6 Å². The Morgan fingerprint density at radius 2 is 1.68 bits per heavy atom. The van der Waals surface area contributed by atoms with E-state index < -0.39 is 0 Å². The van der Waals surface area contributed by atoms with Gasteiger partial charge in [0.25, 0.3) is 0 Å². The van der Waals surface area contributed by atoms with Gasteiger partial charge < -0.3 is 4.74 Å². The summed E-state index contributed by atoms with van der Waals surface area (Å²) >= 11 is 3.52. The van der Waals surface area contributed by atoms with Crippen molar-refractivity contribution in [3.63, 3.8) is 0 Å². The quantitative estimate of drug-likeness (QED) is 0.556. The summed E-state index contributed by atoms with van der Waals surface area (Å²) in [6.07, 6.45) is 0.297. The number of rotatable bonds is 6. The van der Waals surface area contributed by atoms with E-state index in [1.54, 1.807) is 19.1 Å². The Hall–Kier alpha value is -1.94. The largest absolute Gasteiger partial charge is 0.466 e. The molecule has 0 N–H and O–H groups in total. The van der Waals surface area contributed by atoms with Gasteiger partial charge in [0, 0.05) is 16.5 Å². The summed E-state index contributed by atoms with van der Waals surface area (Å²) in [7, 11) is 0. The summed E-state index contributed by atoms with van der Waals surface area (Å²) in [6.45, 7) is 2.09. The van der Waals surface area contributed by atoms with Crippen molar-refractivity contribution in [1.29, 1.82) is 0 Å². The molecule has 2 rings (SSSR count). The van der Waals surface area contributed by atoms with Crippen LogP contribution in [0.15, 0.2) is 53.0 Å². The second-order valence-electron chi connectivity index (χ2n) is 4.79. The third-order valence-electron chi connectivity index (χ3n) is 3.25. The number of hydrogen-bond acceptors (Lipinski definition) is 3. The maximum absolute atomic E-state index is 12.1. The molecule has 0 aliphatic heterocycles. The number of benzene rings is 2. The Kier molecular flexibility index (Phi) is 5.90. The van der Waals surface area contributed by atoms with Gasteiger partial charge in [-0.3, -0.25) is 9.59 Å². The highest BCUT2D eigenvalue weighted by molar-refractivity contribution is 9.10. The minimum Gasteiger partial charge on any atom is -0.466 e. The number of carbonyl (C=O) groups excluding carboxylic acids is 2. The van der Waals surface area contributed by atoms with Gasteiger partial charge in [-0.15, -0.1) is 0 Å². The maximum Gasteiger partial charge on any atom is 0.306 e. The van der Waals surface area contributed by atoms with Gasteiger partial charge in [0.2, 0.25) is 0 Å². The van der Waals surface area contributed by atoms with Crippen molar-refractivity contribution in [2.24, 2.45) is 0 Å². The lowest BCUT2D eigenvalue weighted by atomic mass is 10.0. The molecular weight excluding hydrogens is 344 g/mol. The van der Waals surface area contributed by atoms with Crippen molar-refractivity contribution in [3.8, 4) is 11.1 Å². The van der Waals surface area contributed by atoms with Gasteiger partial charge in [-0.1, -0.05) is 58.4 Å². The van der Waals surface area contributed by atoms with E-state index >= 15 is 0 Å². The lowest BCUT2D eigenvalue weighted by Gasteiger charge is -2.06. The average Bonchev–Trinajstić information content (AvgIpc) is 2.53. The molecule has 2 aromatic rings. The zero-order valence-electron chi connectivity index (χ0n) is 12.3. The van der Waals surface area contributed by atoms with E-state index in [4.69, 9.17) is 4.74 Å². The van der Waals surface area contributed by atoms with E-state index in [2.05, 4.69) is 15.9 Å². The minimum atomic E-state index is -0.333. The van der Waals surface area contributed by atoms with Crippen molar-refractivity contribution < 1.29 is 14.3 Å². The van der Waals surface area contributed by atoms with E-state index in [0.29, 0.717) is 12.2 Å². The van der Waals surface area contributed by atoms with Crippen molar-refractivity contribution in [1.82, 2.24) is 0 Å². The predicted molar refractivity (Wildman–Crippen MR) is 89.8 cm³/mol. The molecule has 114 valence electrons. The zero-order chi connectivity index (χ0) is 15.9. The number of esters is 1. The molecule has 0 heterocycles. The predicted octanol–water partition coefficient (Wildman–Crippen LogP) is 4.64. The highest BCUT2D eigenvalue weighted by Crippen LogP contribution is 2.28. The van der Waals surface area contributed by atoms with Crippen LogP contribution >= 0.6 is 15.9 Å². The van der Waals surface area contributed by atoms with Crippen molar-refractivity contribution in [2.45, 2.75) is 19.8 Å². The lowest BCUT2D eigenvalue weighted by molar-refractivity contribution is -0.143. The molecule has 0 aliphatic rings. The van der Waals surface area contributed by atoms with Crippen LogP contribution in [-0.4, -0.2) is 18.4 Å². The van der Waals surface area contributed by atoms with Crippen LogP contribution < -0.4 is 0 Å². The molecule has 3 nitrogen and oxygen atoms in total. The fourth-order valence-electron chi connectivity index (χ4n) is 2.12. The fraction of sp³-hybridized carbons (Fsp3) is 0.222. The van der Waals surface area contributed by atoms with Gasteiger partial charge in [-0.2, -0.15) is 0 Å². The number of hydrogen-bond donors (Lipinski definition) is 0. The van der Waals surface area contributed by atoms with Crippen LogP contribution in [0.4, 0.5) is 0 Å². The van der Waals surface area contributed by atoms with E-state index in [-0.39, 0.29) is 24.6 Å². The third kappa shape index (κ3) is 4.28. The summed E-state index contributed by atoms with van der Waals surface area (Å²) in [5.74, 6) is -0.382. The number of ether oxygens (including phenoxy) is 1. The molecule has 0 radical (unpaired) electrons. The van der Waals surface area contributed by atoms with Gasteiger partial charge in [0.15, 0.2) is 5.78 Å². The Bertz CT molecular complexity index is 662. The second-order valence-corrected chi connectivity index (χ2v) is 5.64. The van der Waals surface area contributed by atoms with Gasteiger partial charge in [0.1, 0.15) is 0 Å². The molecule has 0 amide bonds. The van der Waals surface area contributed by atoms with E-state index in [0.717, 1.165) is 15.6 Å². The number of Topliss-reactive ketones (excluding diaryl/α,β-unsaturated/α-hetero) is 1. The van der Waals surface area contributed by atoms with Crippen molar-refractivity contribution in [2.75, 3.05) is 6.61 Å². The van der Waals surface area contributed by atoms with Gasteiger partial charge >= 0.3 is 5.97 Å². The molecule has 0 saturated carbocycles. The molecule has 2 aromatic carbocycles. The highest BCUT2D eigenvalue weighted by atomic mass is 79.9. The third-order valence-corrected chi connectivity index (χ3v) is 3.94. The second kappa shape index (κ2) is 7.90. The van der Waals surface area contributed by atoms with Crippen LogP contribution in [0.2, 0.25) is 0 Å². The summed E-state index contributed by atoms with van der Waals surface area (Å²) < 4.78 is 5.83. The van der Waals surface area contributed by atoms with E-state index in [1.165, 1.54) is 0 Å². The van der Waals surface area contributed by atoms with Crippen LogP contribution in [0.5, 0.6) is 0 Å². The van der Waals surface area contributed by atoms with Gasteiger partial charge in [-0.05, 0) is 24.1 Å². The number of halogens is 1. The molecule has 0 unspecified atom stereocenters. The number of ketones is 1. The average molecular weight is 361 g/mol. The Morgan fingerprint density at radius 3 is 2.32 bits per heavy atom. The molecule has 0 saturated heterocycles. The fourth-order valence-corrected chi connectivity index (χ4v) is 2.64. The summed E-state index contributed by atoms with van der Waals surface area (Å²) in [5, 5.41) is 0. The molecule has 4 heteroatoms. The first-order valence-electron chi connectivity index (χ1n) is 7.15. The van der Waals surface area contributed by atoms with Crippen molar-refractivity contribution >= 4 is 27.7 Å². The Labute approximate surface area is 138 Å². The normalized spacial score (nSPS) is 10.3.